The molecule has 3 rings (SSSR count). The fourth-order valence-corrected chi connectivity index (χ4v) is 2.94. The number of H-pyrrole nitrogens is 1. The first-order chi connectivity index (χ1) is 12.0. The third-order valence-electron chi connectivity index (χ3n) is 4.25. The summed E-state index contributed by atoms with van der Waals surface area (Å²) in [5, 5.41) is 0. The molecule has 0 atom stereocenters. The lowest BCUT2D eigenvalue weighted by Crippen LogP contribution is -2.29. The molecule has 0 saturated carbocycles. The molecule has 3 aromatic rings. The van der Waals surface area contributed by atoms with Crippen molar-refractivity contribution in [2.45, 2.75) is 19.3 Å². The molecule has 0 aliphatic carbocycles. The third kappa shape index (κ3) is 3.92. The zero-order valence-corrected chi connectivity index (χ0v) is 17.3. The summed E-state index contributed by atoms with van der Waals surface area (Å²) in [5.41, 5.74) is 9.51. The lowest BCUT2D eigenvalue weighted by molar-refractivity contribution is 0.412. The highest BCUT2D eigenvalue weighted by atomic mass is 79.9. The predicted octanol–water partition coefficient (Wildman–Crippen LogP) is 4.57. The highest BCUT2D eigenvalue weighted by Crippen LogP contribution is 2.36. The summed E-state index contributed by atoms with van der Waals surface area (Å²) in [6.07, 6.45) is 3.55. The number of hydrogen-bond acceptors (Lipinski definition) is 4. The average Bonchev–Trinajstić information content (AvgIpc) is 3.09. The van der Waals surface area contributed by atoms with E-state index in [1.807, 2.05) is 30.3 Å². The molecule has 0 bridgehead atoms. The second kappa shape index (κ2) is 8.20. The Morgan fingerprint density at radius 3 is 2.46 bits per heavy atom. The van der Waals surface area contributed by atoms with Gasteiger partial charge in [-0.25, -0.2) is 4.98 Å². The predicted molar refractivity (Wildman–Crippen MR) is 111 cm³/mol. The first kappa shape index (κ1) is 20.4. The molecule has 0 amide bonds. The van der Waals surface area contributed by atoms with Gasteiger partial charge in [-0.15, -0.1) is 12.4 Å². The van der Waals surface area contributed by atoms with Crippen molar-refractivity contribution in [2.75, 3.05) is 13.7 Å². The van der Waals surface area contributed by atoms with Gasteiger partial charge in [0.1, 0.15) is 11.6 Å². The summed E-state index contributed by atoms with van der Waals surface area (Å²) in [6.45, 7) is 4.65. The SMILES string of the molecule is COc1cc(-c2nc(C(C)(C)CN)[nH]c2-c2ccncc2)ccc1Br.Cl. The van der Waals surface area contributed by atoms with E-state index in [-0.39, 0.29) is 17.8 Å². The highest BCUT2D eigenvalue weighted by molar-refractivity contribution is 9.10. The van der Waals surface area contributed by atoms with E-state index in [4.69, 9.17) is 15.5 Å². The molecule has 0 fully saturated rings. The van der Waals surface area contributed by atoms with Crippen LogP contribution in [0.25, 0.3) is 22.5 Å². The minimum absolute atomic E-state index is 0. The molecule has 0 radical (unpaired) electrons. The highest BCUT2D eigenvalue weighted by Gasteiger charge is 2.25. The van der Waals surface area contributed by atoms with Crippen LogP contribution in [-0.2, 0) is 5.41 Å². The number of halogens is 2. The summed E-state index contributed by atoms with van der Waals surface area (Å²) in [5.74, 6) is 1.62. The zero-order chi connectivity index (χ0) is 18.0. The lowest BCUT2D eigenvalue weighted by Gasteiger charge is -2.18. The molecule has 5 nitrogen and oxygen atoms in total. The van der Waals surface area contributed by atoms with Crippen molar-refractivity contribution in [1.29, 1.82) is 0 Å². The van der Waals surface area contributed by atoms with E-state index in [9.17, 15) is 0 Å². The maximum Gasteiger partial charge on any atom is 0.133 e. The van der Waals surface area contributed by atoms with Crippen LogP contribution in [-0.4, -0.2) is 28.6 Å². The standard InChI is InChI=1S/C19H21BrN4O.ClH/c1-19(2,11-21)18-23-16(12-6-8-22-9-7-12)17(24-18)13-4-5-14(20)15(10-13)25-3;/h4-10H,11,21H2,1-3H3,(H,23,24);1H. The molecule has 0 aliphatic rings. The van der Waals surface area contributed by atoms with Crippen LogP contribution in [0.15, 0.2) is 47.2 Å². The van der Waals surface area contributed by atoms with Gasteiger partial charge in [-0.2, -0.15) is 0 Å². The maximum atomic E-state index is 5.94. The Kier molecular flexibility index (Phi) is 6.44. The molecule has 138 valence electrons. The summed E-state index contributed by atoms with van der Waals surface area (Å²) in [7, 11) is 1.65. The molecule has 1 aromatic carbocycles. The van der Waals surface area contributed by atoms with E-state index >= 15 is 0 Å². The largest absolute Gasteiger partial charge is 0.496 e. The Bertz CT molecular complexity index is 881. The number of pyridine rings is 1. The molecule has 26 heavy (non-hydrogen) atoms. The molecule has 7 heteroatoms. The monoisotopic (exact) mass is 436 g/mol. The van der Waals surface area contributed by atoms with Crippen molar-refractivity contribution in [3.63, 3.8) is 0 Å². The van der Waals surface area contributed by atoms with E-state index in [0.29, 0.717) is 6.54 Å². The van der Waals surface area contributed by atoms with Gasteiger partial charge in [0.05, 0.1) is 23.0 Å². The van der Waals surface area contributed by atoms with Crippen molar-refractivity contribution in [2.24, 2.45) is 5.73 Å². The fourth-order valence-electron chi connectivity index (χ4n) is 2.53. The fraction of sp³-hybridized carbons (Fsp3) is 0.263. The Morgan fingerprint density at radius 1 is 1.15 bits per heavy atom. The minimum atomic E-state index is -0.251. The van der Waals surface area contributed by atoms with Gasteiger partial charge in [-0.05, 0) is 40.2 Å². The van der Waals surface area contributed by atoms with E-state index in [1.165, 1.54) is 0 Å². The first-order valence-electron chi connectivity index (χ1n) is 8.01. The number of nitrogens with zero attached hydrogens (tertiary/aromatic N) is 2. The van der Waals surface area contributed by atoms with Crippen molar-refractivity contribution >= 4 is 28.3 Å². The summed E-state index contributed by atoms with van der Waals surface area (Å²) >= 11 is 3.50. The van der Waals surface area contributed by atoms with Gasteiger partial charge in [0.25, 0.3) is 0 Å². The molecule has 0 spiro atoms. The molecule has 2 heterocycles. The second-order valence-electron chi connectivity index (χ2n) is 6.48. The number of rotatable bonds is 5. The van der Waals surface area contributed by atoms with E-state index in [2.05, 4.69) is 39.7 Å². The van der Waals surface area contributed by atoms with Gasteiger partial charge >= 0.3 is 0 Å². The number of methoxy groups -OCH3 is 1. The van der Waals surface area contributed by atoms with Crippen LogP contribution in [0.2, 0.25) is 0 Å². The van der Waals surface area contributed by atoms with Gasteiger partial charge < -0.3 is 15.5 Å². The van der Waals surface area contributed by atoms with Crippen LogP contribution in [0.5, 0.6) is 5.75 Å². The Hall–Kier alpha value is -1.89. The second-order valence-corrected chi connectivity index (χ2v) is 7.34. The molecule has 0 saturated heterocycles. The smallest absolute Gasteiger partial charge is 0.133 e. The Balaban J connectivity index is 0.00000243. The quantitative estimate of drug-likeness (QED) is 0.613. The molecular formula is C19H22BrClN4O. The van der Waals surface area contributed by atoms with E-state index in [0.717, 1.165) is 38.6 Å². The molecular weight excluding hydrogens is 416 g/mol. The van der Waals surface area contributed by atoms with Gasteiger partial charge in [0, 0.05) is 35.5 Å². The summed E-state index contributed by atoms with van der Waals surface area (Å²) in [6, 6.07) is 9.89. The number of ether oxygens (including phenoxy) is 1. The Morgan fingerprint density at radius 2 is 1.85 bits per heavy atom. The lowest BCUT2D eigenvalue weighted by atomic mass is 9.93. The number of imidazole rings is 1. The molecule has 0 unspecified atom stereocenters. The first-order valence-corrected chi connectivity index (χ1v) is 8.80. The average molecular weight is 438 g/mol. The van der Waals surface area contributed by atoms with Crippen molar-refractivity contribution in [3.05, 3.63) is 53.0 Å². The zero-order valence-electron chi connectivity index (χ0n) is 14.9. The van der Waals surface area contributed by atoms with Crippen LogP contribution < -0.4 is 10.5 Å². The molecule has 2 aromatic heterocycles. The topological polar surface area (TPSA) is 76.8 Å². The number of benzene rings is 1. The van der Waals surface area contributed by atoms with Crippen molar-refractivity contribution in [1.82, 2.24) is 15.0 Å². The molecule has 3 N–H and O–H groups in total. The number of hydrogen-bond donors (Lipinski definition) is 2. The number of aromatic nitrogens is 3. The summed E-state index contributed by atoms with van der Waals surface area (Å²) < 4.78 is 6.34. The van der Waals surface area contributed by atoms with Crippen molar-refractivity contribution in [3.8, 4) is 28.3 Å². The number of aromatic amines is 1. The van der Waals surface area contributed by atoms with E-state index < -0.39 is 0 Å². The molecule has 0 aliphatic heterocycles. The van der Waals surface area contributed by atoms with Gasteiger partial charge in [-0.3, -0.25) is 4.98 Å². The van der Waals surface area contributed by atoms with Crippen LogP contribution >= 0.6 is 28.3 Å². The van der Waals surface area contributed by atoms with Crippen LogP contribution in [0.1, 0.15) is 19.7 Å². The van der Waals surface area contributed by atoms with Crippen LogP contribution in [0.3, 0.4) is 0 Å². The third-order valence-corrected chi connectivity index (χ3v) is 4.90. The number of nitrogens with two attached hydrogens (primary N) is 1. The van der Waals surface area contributed by atoms with Gasteiger partial charge in [0.2, 0.25) is 0 Å². The van der Waals surface area contributed by atoms with Crippen molar-refractivity contribution < 1.29 is 4.74 Å². The van der Waals surface area contributed by atoms with Crippen LogP contribution in [0.4, 0.5) is 0 Å². The van der Waals surface area contributed by atoms with Gasteiger partial charge in [-0.1, -0.05) is 19.9 Å². The van der Waals surface area contributed by atoms with E-state index in [1.54, 1.807) is 19.5 Å². The minimum Gasteiger partial charge on any atom is -0.496 e. The Labute approximate surface area is 167 Å². The maximum absolute atomic E-state index is 5.94. The van der Waals surface area contributed by atoms with Gasteiger partial charge in [0.15, 0.2) is 0 Å². The normalized spacial score (nSPS) is 11.1. The number of nitrogens with one attached hydrogen (secondary N) is 1. The van der Waals surface area contributed by atoms with Crippen LogP contribution in [0, 0.1) is 0 Å². The summed E-state index contributed by atoms with van der Waals surface area (Å²) in [4.78, 5) is 12.4.